The van der Waals surface area contributed by atoms with E-state index in [1.54, 1.807) is 18.2 Å². The zero-order valence-electron chi connectivity index (χ0n) is 11.1. The van der Waals surface area contributed by atoms with Crippen LogP contribution in [0, 0.1) is 5.82 Å². The van der Waals surface area contributed by atoms with Gasteiger partial charge in [-0.15, -0.1) is 0 Å². The highest BCUT2D eigenvalue weighted by Gasteiger charge is 2.27. The lowest BCUT2D eigenvalue weighted by Crippen LogP contribution is -2.24. The summed E-state index contributed by atoms with van der Waals surface area (Å²) < 4.78 is 44.2. The predicted molar refractivity (Wildman–Crippen MR) is 72.7 cm³/mol. The second kappa shape index (κ2) is 5.41. The van der Waals surface area contributed by atoms with Crippen molar-refractivity contribution < 1.29 is 17.9 Å². The fourth-order valence-electron chi connectivity index (χ4n) is 2.54. The number of nitrogens with two attached hydrogens (primary N) is 1. The molecule has 3 rings (SSSR count). The van der Waals surface area contributed by atoms with E-state index < -0.39 is 12.2 Å². The predicted octanol–water partition coefficient (Wildman–Crippen LogP) is 4.29. The van der Waals surface area contributed by atoms with Gasteiger partial charge in [0.15, 0.2) is 0 Å². The molecule has 5 heteroatoms. The molecule has 2 aromatic carbocycles. The molecule has 2 nitrogen and oxygen atoms in total. The molecule has 0 fully saturated rings. The van der Waals surface area contributed by atoms with Crippen molar-refractivity contribution in [1.82, 2.24) is 0 Å². The lowest BCUT2D eigenvalue weighted by atomic mass is 9.93. The fourth-order valence-corrected chi connectivity index (χ4v) is 2.54. The Labute approximate surface area is 120 Å². The molecule has 0 radical (unpaired) electrons. The second-order valence-electron chi connectivity index (χ2n) is 5.10. The number of fused-ring (bicyclic) bond motifs is 1. The quantitative estimate of drug-likeness (QED) is 0.896. The maximum absolute atomic E-state index is 13.3. The minimum atomic E-state index is -2.50. The number of benzene rings is 2. The summed E-state index contributed by atoms with van der Waals surface area (Å²) in [5, 5.41) is 0. The number of rotatable bonds is 2. The van der Waals surface area contributed by atoms with Crippen LogP contribution in [0.1, 0.15) is 41.7 Å². The van der Waals surface area contributed by atoms with Crippen molar-refractivity contribution >= 4 is 0 Å². The van der Waals surface area contributed by atoms with E-state index >= 15 is 0 Å². The van der Waals surface area contributed by atoms with Crippen LogP contribution in [0.2, 0.25) is 0 Å². The first kappa shape index (κ1) is 13.9. The summed E-state index contributed by atoms with van der Waals surface area (Å²) in [5.41, 5.74) is 7.56. The molecule has 1 aliphatic heterocycles. The van der Waals surface area contributed by atoms with E-state index in [9.17, 15) is 13.2 Å². The second-order valence-corrected chi connectivity index (χ2v) is 5.10. The maximum Gasteiger partial charge on any atom is 0.263 e. The topological polar surface area (TPSA) is 35.2 Å². The molecule has 0 amide bonds. The maximum atomic E-state index is 13.3. The molecule has 0 aliphatic carbocycles. The molecule has 0 saturated heterocycles. The molecule has 2 N–H and O–H groups in total. The average Bonchev–Trinajstić information content (AvgIpc) is 2.46. The third kappa shape index (κ3) is 2.74. The molecular weight excluding hydrogens is 279 g/mol. The van der Waals surface area contributed by atoms with Gasteiger partial charge >= 0.3 is 0 Å². The Morgan fingerprint density at radius 1 is 1.10 bits per heavy atom. The highest BCUT2D eigenvalue weighted by Crippen LogP contribution is 2.40. The lowest BCUT2D eigenvalue weighted by molar-refractivity contribution is 0.150. The molecule has 21 heavy (non-hydrogen) atoms. The monoisotopic (exact) mass is 293 g/mol. The zero-order chi connectivity index (χ0) is 15.0. The highest BCUT2D eigenvalue weighted by molar-refractivity contribution is 5.39. The van der Waals surface area contributed by atoms with Crippen molar-refractivity contribution in [1.29, 1.82) is 0 Å². The molecule has 1 heterocycles. The van der Waals surface area contributed by atoms with Gasteiger partial charge in [-0.2, -0.15) is 0 Å². The smallest absolute Gasteiger partial charge is 0.263 e. The van der Waals surface area contributed by atoms with Gasteiger partial charge in [-0.05, 0) is 11.6 Å². The van der Waals surface area contributed by atoms with Crippen LogP contribution in [-0.4, -0.2) is 0 Å². The van der Waals surface area contributed by atoms with E-state index in [-0.39, 0.29) is 17.7 Å². The molecule has 1 aliphatic rings. The molecule has 0 saturated carbocycles. The number of hydrogen-bond acceptors (Lipinski definition) is 2. The summed E-state index contributed by atoms with van der Waals surface area (Å²) >= 11 is 0. The van der Waals surface area contributed by atoms with Gasteiger partial charge in [-0.1, -0.05) is 30.3 Å². The normalized spacial score (nSPS) is 21.0. The van der Waals surface area contributed by atoms with Gasteiger partial charge < -0.3 is 10.5 Å². The van der Waals surface area contributed by atoms with Gasteiger partial charge in [0.1, 0.15) is 17.7 Å². The summed E-state index contributed by atoms with van der Waals surface area (Å²) in [5.74, 6) is 0.0198. The van der Waals surface area contributed by atoms with Crippen LogP contribution in [0.3, 0.4) is 0 Å². The third-order valence-electron chi connectivity index (χ3n) is 3.67. The van der Waals surface area contributed by atoms with Crippen LogP contribution in [0.5, 0.6) is 5.75 Å². The van der Waals surface area contributed by atoms with Gasteiger partial charge in [0.05, 0.1) is 0 Å². The summed E-state index contributed by atoms with van der Waals surface area (Å²) in [6, 6.07) is 9.94. The minimum absolute atomic E-state index is 0.0368. The molecule has 0 bridgehead atoms. The van der Waals surface area contributed by atoms with E-state index in [0.29, 0.717) is 12.2 Å². The highest BCUT2D eigenvalue weighted by atomic mass is 19.3. The molecule has 0 spiro atoms. The van der Waals surface area contributed by atoms with Gasteiger partial charge in [0, 0.05) is 29.7 Å². The fraction of sp³-hybridized carbons (Fsp3) is 0.250. The van der Waals surface area contributed by atoms with Crippen molar-refractivity contribution in [2.24, 2.45) is 5.73 Å². The van der Waals surface area contributed by atoms with E-state index in [4.69, 9.17) is 10.5 Å². The van der Waals surface area contributed by atoms with Gasteiger partial charge in [-0.25, -0.2) is 13.2 Å². The zero-order valence-corrected chi connectivity index (χ0v) is 11.1. The van der Waals surface area contributed by atoms with Crippen molar-refractivity contribution in [2.45, 2.75) is 25.0 Å². The number of ether oxygens (including phenoxy) is 1. The van der Waals surface area contributed by atoms with Crippen LogP contribution < -0.4 is 10.5 Å². The van der Waals surface area contributed by atoms with Crippen LogP contribution in [0.15, 0.2) is 42.5 Å². The number of hydrogen-bond donors (Lipinski definition) is 1. The van der Waals surface area contributed by atoms with Crippen LogP contribution in [0.25, 0.3) is 0 Å². The molecule has 110 valence electrons. The molecule has 2 atom stereocenters. The van der Waals surface area contributed by atoms with E-state index in [2.05, 4.69) is 0 Å². The Morgan fingerprint density at radius 2 is 1.81 bits per heavy atom. The minimum Gasteiger partial charge on any atom is -0.485 e. The lowest BCUT2D eigenvalue weighted by Gasteiger charge is -2.30. The molecule has 2 aromatic rings. The Bertz CT molecular complexity index is 642. The van der Waals surface area contributed by atoms with Crippen molar-refractivity contribution in [3.8, 4) is 5.75 Å². The molecular formula is C16H14F3NO. The van der Waals surface area contributed by atoms with Gasteiger partial charge in [0.2, 0.25) is 0 Å². The third-order valence-corrected chi connectivity index (χ3v) is 3.67. The van der Waals surface area contributed by atoms with Crippen LogP contribution in [-0.2, 0) is 0 Å². The Balaban J connectivity index is 1.88. The van der Waals surface area contributed by atoms with E-state index in [1.165, 1.54) is 24.3 Å². The van der Waals surface area contributed by atoms with Crippen molar-refractivity contribution in [3.63, 3.8) is 0 Å². The van der Waals surface area contributed by atoms with Crippen LogP contribution in [0.4, 0.5) is 13.2 Å². The standard InChI is InChI=1S/C16H14F3NO/c17-11-5-6-12-13(20)8-14(21-15(12)7-11)9-1-3-10(4-2-9)16(18)19/h1-7,13-14,16H,8,20H2/t13-,14?/m0/s1. The number of alkyl halides is 2. The summed E-state index contributed by atoms with van der Waals surface area (Å²) in [7, 11) is 0. The summed E-state index contributed by atoms with van der Waals surface area (Å²) in [4.78, 5) is 0. The number of halogens is 3. The van der Waals surface area contributed by atoms with Crippen molar-refractivity contribution in [3.05, 3.63) is 65.0 Å². The van der Waals surface area contributed by atoms with E-state index in [0.717, 1.165) is 11.1 Å². The molecule has 1 unspecified atom stereocenters. The summed E-state index contributed by atoms with van der Waals surface area (Å²) in [6.07, 6.45) is -2.34. The van der Waals surface area contributed by atoms with Crippen LogP contribution >= 0.6 is 0 Å². The first-order chi connectivity index (χ1) is 10.0. The Morgan fingerprint density at radius 3 is 2.48 bits per heavy atom. The first-order valence-corrected chi connectivity index (χ1v) is 6.64. The average molecular weight is 293 g/mol. The largest absolute Gasteiger partial charge is 0.485 e. The first-order valence-electron chi connectivity index (χ1n) is 6.64. The van der Waals surface area contributed by atoms with Gasteiger partial charge in [-0.3, -0.25) is 0 Å². The molecule has 0 aromatic heterocycles. The Hall–Kier alpha value is -2.01. The van der Waals surface area contributed by atoms with E-state index in [1.807, 2.05) is 0 Å². The SMILES string of the molecule is N[C@H]1CC(c2ccc(C(F)F)cc2)Oc2cc(F)ccc21. The van der Waals surface area contributed by atoms with Crippen molar-refractivity contribution in [2.75, 3.05) is 0 Å². The summed E-state index contributed by atoms with van der Waals surface area (Å²) in [6.45, 7) is 0. The van der Waals surface area contributed by atoms with Gasteiger partial charge in [0.25, 0.3) is 6.43 Å². The Kier molecular flexibility index (Phi) is 3.59.